The van der Waals surface area contributed by atoms with Crippen LogP contribution in [0.1, 0.15) is 54.4 Å². The Bertz CT molecular complexity index is 1690. The SMILES string of the molecule is CCC(C)(C)C(=O)/C=C(\O)C(C)(C)CC.[Ir].[c-]1ccccc1Oc1cc2cc3cc(-c4ccccc4)ccc3cc2cn1. The van der Waals surface area contributed by atoms with Crippen LogP contribution in [0.15, 0.2) is 109 Å². The number of pyridine rings is 1. The number of fused-ring (bicyclic) bond motifs is 2. The van der Waals surface area contributed by atoms with E-state index in [1.165, 1.54) is 28.0 Å². The Hall–Kier alpha value is -3.79. The van der Waals surface area contributed by atoms with Crippen molar-refractivity contribution in [1.29, 1.82) is 0 Å². The minimum Gasteiger partial charge on any atom is -0.512 e. The van der Waals surface area contributed by atoms with Crippen molar-refractivity contribution in [2.24, 2.45) is 10.8 Å². The first-order chi connectivity index (χ1) is 20.0. The van der Waals surface area contributed by atoms with Gasteiger partial charge in [-0.05, 0) is 58.3 Å². The van der Waals surface area contributed by atoms with Gasteiger partial charge in [-0.2, -0.15) is 18.2 Å². The Labute approximate surface area is 269 Å². The molecule has 225 valence electrons. The molecule has 4 aromatic carbocycles. The van der Waals surface area contributed by atoms with Gasteiger partial charge in [0.2, 0.25) is 5.88 Å². The van der Waals surface area contributed by atoms with Gasteiger partial charge in [-0.15, -0.1) is 12.1 Å². The molecule has 0 amide bonds. The monoisotopic (exact) mass is 751 g/mol. The molecule has 43 heavy (non-hydrogen) atoms. The van der Waals surface area contributed by atoms with Gasteiger partial charge in [0.05, 0.1) is 0 Å². The van der Waals surface area contributed by atoms with Crippen LogP contribution in [-0.2, 0) is 24.9 Å². The van der Waals surface area contributed by atoms with Gasteiger partial charge in [-0.3, -0.25) is 4.79 Å². The zero-order chi connectivity index (χ0) is 30.3. The number of benzene rings is 4. The predicted molar refractivity (Wildman–Crippen MR) is 174 cm³/mol. The van der Waals surface area contributed by atoms with Crippen LogP contribution >= 0.6 is 0 Å². The summed E-state index contributed by atoms with van der Waals surface area (Å²) in [5.41, 5.74) is 1.75. The number of nitrogens with zero attached hydrogens (tertiary/aromatic N) is 1. The number of rotatable bonds is 8. The molecule has 0 bridgehead atoms. The number of carbonyl (C=O) groups is 1. The predicted octanol–water partition coefficient (Wildman–Crippen LogP) is 10.5. The van der Waals surface area contributed by atoms with Crippen molar-refractivity contribution in [3.8, 4) is 22.8 Å². The minimum absolute atomic E-state index is 0. The maximum atomic E-state index is 11.8. The summed E-state index contributed by atoms with van der Waals surface area (Å²) in [5, 5.41) is 14.5. The maximum absolute atomic E-state index is 11.8. The van der Waals surface area contributed by atoms with E-state index in [1.54, 1.807) is 0 Å². The molecule has 0 fully saturated rings. The normalized spacial score (nSPS) is 11.8. The van der Waals surface area contributed by atoms with Gasteiger partial charge < -0.3 is 9.84 Å². The molecular formula is C38H40IrNO3-. The summed E-state index contributed by atoms with van der Waals surface area (Å²) in [6, 6.07) is 33.9. The number of aliphatic hydroxyl groups excluding tert-OH is 1. The third-order valence-corrected chi connectivity index (χ3v) is 8.05. The van der Waals surface area contributed by atoms with E-state index in [4.69, 9.17) is 4.74 Å². The largest absolute Gasteiger partial charge is 0.512 e. The summed E-state index contributed by atoms with van der Waals surface area (Å²) >= 11 is 0. The van der Waals surface area contributed by atoms with E-state index in [1.807, 2.05) is 84.1 Å². The summed E-state index contributed by atoms with van der Waals surface area (Å²) in [5.74, 6) is 1.43. The van der Waals surface area contributed by atoms with Crippen molar-refractivity contribution < 1.29 is 34.7 Å². The van der Waals surface area contributed by atoms with Crippen molar-refractivity contribution in [2.45, 2.75) is 54.4 Å². The number of ketones is 1. The Morgan fingerprint density at radius 2 is 1.44 bits per heavy atom. The number of carbonyl (C=O) groups excluding carboxylic acids is 1. The Morgan fingerprint density at radius 3 is 2.09 bits per heavy atom. The van der Waals surface area contributed by atoms with Crippen molar-refractivity contribution in [2.75, 3.05) is 0 Å². The smallest absolute Gasteiger partial charge is 0.217 e. The van der Waals surface area contributed by atoms with Gasteiger partial charge in [0, 0.05) is 60.4 Å². The Morgan fingerprint density at radius 1 is 0.791 bits per heavy atom. The molecular weight excluding hydrogens is 711 g/mol. The van der Waals surface area contributed by atoms with Crippen molar-refractivity contribution in [1.82, 2.24) is 4.98 Å². The van der Waals surface area contributed by atoms with Crippen molar-refractivity contribution >= 4 is 27.3 Å². The fraction of sp³-hybridized carbons (Fsp3) is 0.263. The van der Waals surface area contributed by atoms with Gasteiger partial charge in [0.25, 0.3) is 0 Å². The zero-order valence-electron chi connectivity index (χ0n) is 25.8. The van der Waals surface area contributed by atoms with E-state index in [0.717, 1.165) is 23.6 Å². The molecule has 5 heteroatoms. The standard InChI is InChI=1S/C25H16NO.C13H24O2.Ir/c1-3-7-18(8-4-1)19-11-12-20-14-23-17-26-25(16-22(23)15-21(20)13-19)27-24-9-5-2-6-10-24;1-7-12(3,4)10(14)9-11(15)13(5,6)8-2;/h1-9,11-17H;9,14H,7-8H2,1-6H3;/q-1;;/b;10-9-;. The number of para-hydroxylation sites is 1. The second kappa shape index (κ2) is 14.6. The first-order valence-corrected chi connectivity index (χ1v) is 14.5. The average molecular weight is 751 g/mol. The van der Waals surface area contributed by atoms with Crippen LogP contribution in [0.2, 0.25) is 0 Å². The van der Waals surface area contributed by atoms with E-state index in [-0.39, 0.29) is 42.5 Å². The van der Waals surface area contributed by atoms with Crippen LogP contribution in [0.5, 0.6) is 11.6 Å². The summed E-state index contributed by atoms with van der Waals surface area (Å²) < 4.78 is 5.82. The molecule has 0 saturated carbocycles. The molecule has 5 rings (SSSR count). The van der Waals surface area contributed by atoms with Gasteiger partial charge in [-0.25, -0.2) is 4.98 Å². The third kappa shape index (κ3) is 8.63. The van der Waals surface area contributed by atoms with E-state index < -0.39 is 0 Å². The molecule has 4 nitrogen and oxygen atoms in total. The molecule has 0 spiro atoms. The molecule has 0 atom stereocenters. The summed E-state index contributed by atoms with van der Waals surface area (Å²) in [6.45, 7) is 11.7. The molecule has 1 heterocycles. The Balaban J connectivity index is 0.000000274. The van der Waals surface area contributed by atoms with E-state index in [9.17, 15) is 9.90 Å². The van der Waals surface area contributed by atoms with Gasteiger partial charge in [0.1, 0.15) is 5.76 Å². The van der Waals surface area contributed by atoms with Gasteiger partial charge >= 0.3 is 0 Å². The fourth-order valence-electron chi connectivity index (χ4n) is 4.16. The molecule has 1 aromatic heterocycles. The van der Waals surface area contributed by atoms with Crippen LogP contribution in [0.4, 0.5) is 0 Å². The number of hydrogen-bond acceptors (Lipinski definition) is 4. The Kier molecular flexibility index (Phi) is 11.4. The van der Waals surface area contributed by atoms with Crippen LogP contribution < -0.4 is 4.74 Å². The molecule has 5 aromatic rings. The van der Waals surface area contributed by atoms with Crippen molar-refractivity contribution in [3.63, 3.8) is 0 Å². The van der Waals surface area contributed by atoms with Crippen LogP contribution in [-0.4, -0.2) is 15.9 Å². The number of ether oxygens (including phenoxy) is 1. The third-order valence-electron chi connectivity index (χ3n) is 8.05. The molecule has 1 N–H and O–H groups in total. The average Bonchev–Trinajstić information content (AvgIpc) is 3.01. The van der Waals surface area contributed by atoms with Crippen LogP contribution in [0.3, 0.4) is 0 Å². The molecule has 0 aliphatic heterocycles. The number of hydrogen-bond donors (Lipinski definition) is 1. The first kappa shape index (κ1) is 33.7. The summed E-state index contributed by atoms with van der Waals surface area (Å²) in [7, 11) is 0. The van der Waals surface area contributed by atoms with E-state index >= 15 is 0 Å². The molecule has 0 unspecified atom stereocenters. The quantitative estimate of drug-likeness (QED) is 0.0743. The second-order valence-electron chi connectivity index (χ2n) is 11.8. The van der Waals surface area contributed by atoms with Crippen LogP contribution in [0, 0.1) is 16.9 Å². The molecule has 0 aliphatic rings. The van der Waals surface area contributed by atoms with Crippen LogP contribution in [0.25, 0.3) is 32.7 Å². The minimum atomic E-state index is -0.377. The fourth-order valence-corrected chi connectivity index (χ4v) is 4.16. The number of allylic oxidation sites excluding steroid dienone is 2. The summed E-state index contributed by atoms with van der Waals surface area (Å²) in [6.07, 6.45) is 4.85. The molecule has 1 radical (unpaired) electrons. The zero-order valence-corrected chi connectivity index (χ0v) is 28.2. The van der Waals surface area contributed by atoms with Gasteiger partial charge in [0.15, 0.2) is 5.78 Å². The van der Waals surface area contributed by atoms with Crippen molar-refractivity contribution in [3.05, 3.63) is 115 Å². The van der Waals surface area contributed by atoms with Gasteiger partial charge in [-0.1, -0.05) is 84.0 Å². The van der Waals surface area contributed by atoms with E-state index in [2.05, 4.69) is 65.6 Å². The number of aromatic nitrogens is 1. The number of aliphatic hydroxyl groups is 1. The second-order valence-corrected chi connectivity index (χ2v) is 11.8. The first-order valence-electron chi connectivity index (χ1n) is 14.5. The summed E-state index contributed by atoms with van der Waals surface area (Å²) in [4.78, 5) is 16.3. The van der Waals surface area contributed by atoms with E-state index in [0.29, 0.717) is 11.6 Å². The topological polar surface area (TPSA) is 59.4 Å². The molecule has 0 aliphatic carbocycles. The maximum Gasteiger partial charge on any atom is 0.217 e. The molecule has 0 saturated heterocycles.